The minimum atomic E-state index is 0.225. The van der Waals surface area contributed by atoms with Crippen LogP contribution in [0.25, 0.3) is 11.3 Å². The van der Waals surface area contributed by atoms with E-state index in [0.717, 1.165) is 0 Å². The molecule has 1 aromatic heterocycles. The predicted octanol–water partition coefficient (Wildman–Crippen LogP) is 4.77. The molecule has 0 bridgehead atoms. The second kappa shape index (κ2) is 5.58. The van der Waals surface area contributed by atoms with Crippen LogP contribution in [0, 0.1) is 11.3 Å². The Morgan fingerprint density at radius 1 is 1.06 bits per heavy atom. The topological polar surface area (TPSA) is 36.7 Å². The monoisotopic (exact) mass is 296 g/mol. The summed E-state index contributed by atoms with van der Waals surface area (Å²) in [5, 5.41) is 9.96. The van der Waals surface area contributed by atoms with Gasteiger partial charge in [0.1, 0.15) is 5.15 Å². The molecule has 0 aliphatic heterocycles. The number of pyridine rings is 1. The normalized spacial score (nSPS) is 10.1. The summed E-state index contributed by atoms with van der Waals surface area (Å²) in [4.78, 5) is 4.23. The van der Waals surface area contributed by atoms with Crippen molar-refractivity contribution in [2.75, 3.05) is 0 Å². The smallest absolute Gasteiger partial charge is 0.133 e. The highest BCUT2D eigenvalue weighted by atomic mass is 35.5. The molecule has 0 atom stereocenters. The van der Waals surface area contributed by atoms with Crippen LogP contribution in [0.15, 0.2) is 30.3 Å². The molecule has 1 heterocycles. The molecular weight excluding hydrogens is 291 g/mol. The Hall–Kier alpha value is -1.27. The van der Waals surface area contributed by atoms with Gasteiger partial charge in [-0.2, -0.15) is 5.26 Å². The molecule has 0 amide bonds. The van der Waals surface area contributed by atoms with E-state index in [4.69, 9.17) is 40.1 Å². The third kappa shape index (κ3) is 2.59. The van der Waals surface area contributed by atoms with Gasteiger partial charge in [0, 0.05) is 11.1 Å². The largest absolute Gasteiger partial charge is 0.236 e. The van der Waals surface area contributed by atoms with Gasteiger partial charge < -0.3 is 0 Å². The van der Waals surface area contributed by atoms with Crippen molar-refractivity contribution >= 4 is 34.8 Å². The Kier molecular flexibility index (Phi) is 4.08. The fourth-order valence-electron chi connectivity index (χ4n) is 1.56. The number of hydrogen-bond donors (Lipinski definition) is 0. The molecule has 1 aromatic carbocycles. The standard InChI is InChI=1S/C13H7Cl3N2/c14-9-2-1-3-10(15)12(9)11-5-4-8(6-7-17)13(16)18-11/h1-5H,6H2. The lowest BCUT2D eigenvalue weighted by Crippen LogP contribution is -1.91. The summed E-state index contributed by atoms with van der Waals surface area (Å²) in [6.07, 6.45) is 0.225. The number of halogens is 3. The van der Waals surface area contributed by atoms with E-state index >= 15 is 0 Å². The molecule has 18 heavy (non-hydrogen) atoms. The van der Waals surface area contributed by atoms with Crippen LogP contribution in [0.4, 0.5) is 0 Å². The number of benzene rings is 1. The van der Waals surface area contributed by atoms with Crippen LogP contribution in [0.3, 0.4) is 0 Å². The van der Waals surface area contributed by atoms with E-state index in [1.807, 2.05) is 6.07 Å². The van der Waals surface area contributed by atoms with Gasteiger partial charge in [-0.15, -0.1) is 0 Å². The second-order valence-corrected chi connectivity index (χ2v) is 4.75. The van der Waals surface area contributed by atoms with Crippen molar-refractivity contribution in [1.29, 1.82) is 5.26 Å². The van der Waals surface area contributed by atoms with Crippen molar-refractivity contribution in [3.05, 3.63) is 51.1 Å². The zero-order valence-electron chi connectivity index (χ0n) is 9.12. The predicted molar refractivity (Wildman–Crippen MR) is 74.0 cm³/mol. The Labute approximate surface area is 120 Å². The van der Waals surface area contributed by atoms with Gasteiger partial charge in [-0.05, 0) is 18.2 Å². The molecule has 0 saturated carbocycles. The van der Waals surface area contributed by atoms with Gasteiger partial charge in [0.2, 0.25) is 0 Å². The van der Waals surface area contributed by atoms with Crippen molar-refractivity contribution in [2.24, 2.45) is 0 Å². The maximum Gasteiger partial charge on any atom is 0.133 e. The lowest BCUT2D eigenvalue weighted by Gasteiger charge is -2.07. The fraction of sp³-hybridized carbons (Fsp3) is 0.0769. The van der Waals surface area contributed by atoms with Gasteiger partial charge in [0.05, 0.1) is 28.2 Å². The molecule has 0 radical (unpaired) electrons. The first-order valence-corrected chi connectivity index (χ1v) is 6.23. The van der Waals surface area contributed by atoms with Crippen LogP contribution in [0.2, 0.25) is 15.2 Å². The van der Waals surface area contributed by atoms with Gasteiger partial charge in [-0.1, -0.05) is 46.9 Å². The Morgan fingerprint density at radius 3 is 2.28 bits per heavy atom. The molecule has 0 fully saturated rings. The molecule has 2 rings (SSSR count). The average Bonchev–Trinajstić information content (AvgIpc) is 2.32. The van der Waals surface area contributed by atoms with Gasteiger partial charge in [-0.25, -0.2) is 4.98 Å². The molecule has 0 saturated heterocycles. The highest BCUT2D eigenvalue weighted by Gasteiger charge is 2.11. The van der Waals surface area contributed by atoms with Gasteiger partial charge in [0.25, 0.3) is 0 Å². The summed E-state index contributed by atoms with van der Waals surface area (Å²) in [6.45, 7) is 0. The summed E-state index contributed by atoms with van der Waals surface area (Å²) in [7, 11) is 0. The number of rotatable bonds is 2. The molecule has 0 aliphatic carbocycles. The first-order chi connectivity index (χ1) is 8.63. The second-order valence-electron chi connectivity index (χ2n) is 3.58. The Morgan fingerprint density at radius 2 is 1.72 bits per heavy atom. The minimum Gasteiger partial charge on any atom is -0.236 e. The van der Waals surface area contributed by atoms with E-state index in [1.165, 1.54) is 0 Å². The average molecular weight is 298 g/mol. The van der Waals surface area contributed by atoms with Crippen LogP contribution in [0.5, 0.6) is 0 Å². The summed E-state index contributed by atoms with van der Waals surface area (Å²) in [5.41, 5.74) is 1.93. The van der Waals surface area contributed by atoms with Gasteiger partial charge in [0.15, 0.2) is 0 Å². The quantitative estimate of drug-likeness (QED) is 0.748. The first kappa shape index (κ1) is 13.2. The Balaban J connectivity index is 2.53. The molecule has 0 N–H and O–H groups in total. The first-order valence-electron chi connectivity index (χ1n) is 5.10. The van der Waals surface area contributed by atoms with Crippen molar-refractivity contribution in [2.45, 2.75) is 6.42 Å². The van der Waals surface area contributed by atoms with Crippen LogP contribution in [0.1, 0.15) is 5.56 Å². The summed E-state index contributed by atoms with van der Waals surface area (Å²) in [5.74, 6) is 0. The number of nitriles is 1. The highest BCUT2D eigenvalue weighted by molar-refractivity contribution is 6.39. The third-order valence-electron chi connectivity index (χ3n) is 2.41. The molecular formula is C13H7Cl3N2. The number of nitrogens with zero attached hydrogens (tertiary/aromatic N) is 2. The zero-order valence-corrected chi connectivity index (χ0v) is 11.4. The van der Waals surface area contributed by atoms with E-state index < -0.39 is 0 Å². The number of aromatic nitrogens is 1. The molecule has 0 aliphatic rings. The van der Waals surface area contributed by atoms with E-state index in [2.05, 4.69) is 4.98 Å². The number of hydrogen-bond acceptors (Lipinski definition) is 2. The molecule has 0 spiro atoms. The minimum absolute atomic E-state index is 0.225. The van der Waals surface area contributed by atoms with Crippen molar-refractivity contribution in [1.82, 2.24) is 4.98 Å². The maximum absolute atomic E-state index is 8.64. The van der Waals surface area contributed by atoms with E-state index in [-0.39, 0.29) is 6.42 Å². The van der Waals surface area contributed by atoms with Gasteiger partial charge >= 0.3 is 0 Å². The summed E-state index contributed by atoms with van der Waals surface area (Å²) < 4.78 is 0. The molecule has 2 nitrogen and oxygen atoms in total. The lowest BCUT2D eigenvalue weighted by atomic mass is 10.1. The van der Waals surface area contributed by atoms with E-state index in [0.29, 0.717) is 32.0 Å². The maximum atomic E-state index is 8.64. The van der Waals surface area contributed by atoms with Crippen LogP contribution >= 0.6 is 34.8 Å². The molecule has 0 unspecified atom stereocenters. The van der Waals surface area contributed by atoms with Gasteiger partial charge in [-0.3, -0.25) is 0 Å². The van der Waals surface area contributed by atoms with E-state index in [9.17, 15) is 0 Å². The molecule has 90 valence electrons. The van der Waals surface area contributed by atoms with Crippen molar-refractivity contribution < 1.29 is 0 Å². The van der Waals surface area contributed by atoms with E-state index in [1.54, 1.807) is 30.3 Å². The molecule has 5 heteroatoms. The van der Waals surface area contributed by atoms with Crippen molar-refractivity contribution in [3.8, 4) is 17.3 Å². The SMILES string of the molecule is N#CCc1ccc(-c2c(Cl)cccc2Cl)nc1Cl. The summed E-state index contributed by atoms with van der Waals surface area (Å²) in [6, 6.07) is 10.8. The van der Waals surface area contributed by atoms with Crippen LogP contribution < -0.4 is 0 Å². The fourth-order valence-corrected chi connectivity index (χ4v) is 2.37. The molecule has 2 aromatic rings. The lowest BCUT2D eigenvalue weighted by molar-refractivity contribution is 1.19. The third-order valence-corrected chi connectivity index (χ3v) is 3.37. The zero-order chi connectivity index (χ0) is 13.1. The Bertz CT molecular complexity index is 612. The van der Waals surface area contributed by atoms with Crippen LogP contribution in [-0.2, 0) is 6.42 Å². The summed E-state index contributed by atoms with van der Waals surface area (Å²) >= 11 is 18.2. The van der Waals surface area contributed by atoms with Crippen LogP contribution in [-0.4, -0.2) is 4.98 Å². The highest BCUT2D eigenvalue weighted by Crippen LogP contribution is 2.34. The van der Waals surface area contributed by atoms with Crippen molar-refractivity contribution in [3.63, 3.8) is 0 Å².